The van der Waals surface area contributed by atoms with Crippen molar-refractivity contribution in [3.05, 3.63) is 29.8 Å². The zero-order chi connectivity index (χ0) is 21.8. The van der Waals surface area contributed by atoms with E-state index < -0.39 is 36.3 Å². The number of carbonyl (C=O) groups is 5. The first-order chi connectivity index (χ1) is 14.3. The fourth-order valence-corrected chi connectivity index (χ4v) is 3.95. The molecule has 9 nitrogen and oxygen atoms in total. The highest BCUT2D eigenvalue weighted by Gasteiger charge is 2.49. The first-order valence-corrected chi connectivity index (χ1v) is 10.1. The second-order valence-electron chi connectivity index (χ2n) is 7.49. The molecule has 0 unspecified atom stereocenters. The summed E-state index contributed by atoms with van der Waals surface area (Å²) < 4.78 is 4.96. The lowest BCUT2D eigenvalue weighted by molar-refractivity contribution is -0.145. The number of para-hydroxylation sites is 1. The van der Waals surface area contributed by atoms with Crippen LogP contribution in [0.4, 0.5) is 10.5 Å². The summed E-state index contributed by atoms with van der Waals surface area (Å²) in [6.45, 7) is 3.18. The number of ether oxygens (including phenoxy) is 1. The van der Waals surface area contributed by atoms with Gasteiger partial charge in [0.05, 0.1) is 17.9 Å². The Morgan fingerprint density at radius 2 is 1.80 bits per heavy atom. The Bertz CT molecular complexity index is 883. The maximum absolute atomic E-state index is 12.8. The molecule has 1 N–H and O–H groups in total. The van der Waals surface area contributed by atoms with Crippen LogP contribution in [-0.4, -0.2) is 58.7 Å². The van der Waals surface area contributed by atoms with Crippen molar-refractivity contribution in [2.24, 2.45) is 5.92 Å². The highest BCUT2D eigenvalue weighted by atomic mass is 16.5. The van der Waals surface area contributed by atoms with E-state index in [0.29, 0.717) is 11.3 Å². The zero-order valence-corrected chi connectivity index (χ0v) is 17.1. The van der Waals surface area contributed by atoms with Crippen molar-refractivity contribution in [3.8, 4) is 0 Å². The number of esters is 1. The molecule has 1 aromatic carbocycles. The summed E-state index contributed by atoms with van der Waals surface area (Å²) in [7, 11) is 0. The molecule has 0 aromatic heterocycles. The first-order valence-electron chi connectivity index (χ1n) is 10.1. The van der Waals surface area contributed by atoms with Crippen LogP contribution in [0.25, 0.3) is 0 Å². The summed E-state index contributed by atoms with van der Waals surface area (Å²) >= 11 is 0. The number of hydrogen-bond donors (Lipinski definition) is 1. The number of amides is 5. The molecule has 9 heteroatoms. The summed E-state index contributed by atoms with van der Waals surface area (Å²) in [6.07, 6.45) is 3.43. The Labute approximate surface area is 174 Å². The van der Waals surface area contributed by atoms with Gasteiger partial charge in [-0.3, -0.25) is 19.3 Å². The van der Waals surface area contributed by atoms with Gasteiger partial charge in [-0.2, -0.15) is 0 Å². The zero-order valence-electron chi connectivity index (χ0n) is 17.1. The van der Waals surface area contributed by atoms with Crippen molar-refractivity contribution in [2.75, 3.05) is 18.5 Å². The van der Waals surface area contributed by atoms with Gasteiger partial charge in [-0.1, -0.05) is 31.9 Å². The standard InChI is InChI=1S/C21H25N3O6/c1-3-30-20(28)14-9-5-6-10-15(14)22-17(25)12-23-18(26)19(27)24(21(23)29)16-11-7-4-8-13(16)2/h5-6,9-10,13,16H,3-4,7-8,11-12H2,1-2H3,(H,22,25)/t13-,16-/m1/s1. The van der Waals surface area contributed by atoms with E-state index in [1.165, 1.54) is 12.1 Å². The predicted octanol–water partition coefficient (Wildman–Crippen LogP) is 2.17. The number of benzene rings is 1. The van der Waals surface area contributed by atoms with Crippen LogP contribution >= 0.6 is 0 Å². The Kier molecular flexibility index (Phi) is 6.49. The van der Waals surface area contributed by atoms with E-state index in [4.69, 9.17) is 4.74 Å². The summed E-state index contributed by atoms with van der Waals surface area (Å²) in [5, 5.41) is 2.52. The van der Waals surface area contributed by atoms with Crippen molar-refractivity contribution in [3.63, 3.8) is 0 Å². The molecule has 1 aliphatic carbocycles. The Hall–Kier alpha value is -3.23. The third-order valence-corrected chi connectivity index (χ3v) is 5.48. The second kappa shape index (κ2) is 9.06. The van der Waals surface area contributed by atoms with Gasteiger partial charge in [-0.05, 0) is 37.8 Å². The second-order valence-corrected chi connectivity index (χ2v) is 7.49. The molecule has 2 fully saturated rings. The van der Waals surface area contributed by atoms with Crippen LogP contribution in [0.2, 0.25) is 0 Å². The third kappa shape index (κ3) is 4.19. The number of anilines is 1. The third-order valence-electron chi connectivity index (χ3n) is 5.48. The largest absolute Gasteiger partial charge is 0.462 e. The fraction of sp³-hybridized carbons (Fsp3) is 0.476. The number of urea groups is 1. The Balaban J connectivity index is 1.71. The summed E-state index contributed by atoms with van der Waals surface area (Å²) in [5.74, 6) is -3.09. The van der Waals surface area contributed by atoms with Gasteiger partial charge in [0, 0.05) is 6.04 Å². The van der Waals surface area contributed by atoms with Gasteiger partial charge in [0.1, 0.15) is 6.54 Å². The van der Waals surface area contributed by atoms with Gasteiger partial charge >= 0.3 is 23.8 Å². The smallest absolute Gasteiger partial charge is 0.340 e. The van der Waals surface area contributed by atoms with Crippen molar-refractivity contribution in [1.29, 1.82) is 0 Å². The van der Waals surface area contributed by atoms with E-state index in [1.807, 2.05) is 6.92 Å². The van der Waals surface area contributed by atoms with Crippen LogP contribution in [0.5, 0.6) is 0 Å². The van der Waals surface area contributed by atoms with E-state index in [2.05, 4.69) is 5.32 Å². The van der Waals surface area contributed by atoms with Crippen LogP contribution in [0, 0.1) is 5.92 Å². The summed E-state index contributed by atoms with van der Waals surface area (Å²) in [5.41, 5.74) is 0.352. The molecule has 1 saturated carbocycles. The van der Waals surface area contributed by atoms with Gasteiger partial charge < -0.3 is 10.1 Å². The van der Waals surface area contributed by atoms with Crippen molar-refractivity contribution < 1.29 is 28.7 Å². The summed E-state index contributed by atoms with van der Waals surface area (Å²) in [4.78, 5) is 63.8. The van der Waals surface area contributed by atoms with E-state index in [0.717, 1.165) is 24.2 Å². The SMILES string of the molecule is CCOC(=O)c1ccccc1NC(=O)CN1C(=O)C(=O)N([C@@H]2CCCC[C@H]2C)C1=O. The molecule has 2 atom stereocenters. The number of hydrogen-bond acceptors (Lipinski definition) is 6. The molecular weight excluding hydrogens is 390 g/mol. The monoisotopic (exact) mass is 415 g/mol. The topological polar surface area (TPSA) is 113 Å². The molecule has 30 heavy (non-hydrogen) atoms. The van der Waals surface area contributed by atoms with Crippen molar-refractivity contribution in [2.45, 2.75) is 45.6 Å². The molecule has 0 bridgehead atoms. The number of imide groups is 2. The van der Waals surface area contributed by atoms with Gasteiger partial charge in [0.15, 0.2) is 0 Å². The molecule has 1 saturated heterocycles. The molecule has 1 aliphatic heterocycles. The molecular formula is C21H25N3O6. The van der Waals surface area contributed by atoms with Gasteiger partial charge in [-0.15, -0.1) is 0 Å². The number of carbonyl (C=O) groups excluding carboxylic acids is 5. The van der Waals surface area contributed by atoms with E-state index in [9.17, 15) is 24.0 Å². The minimum atomic E-state index is -1.01. The number of nitrogens with one attached hydrogen (secondary N) is 1. The van der Waals surface area contributed by atoms with E-state index in [1.54, 1.807) is 19.1 Å². The van der Waals surface area contributed by atoms with Crippen molar-refractivity contribution >= 4 is 35.4 Å². The molecule has 5 amide bonds. The van der Waals surface area contributed by atoms with Crippen LogP contribution < -0.4 is 5.32 Å². The molecule has 3 rings (SSSR count). The fourth-order valence-electron chi connectivity index (χ4n) is 3.95. The molecule has 1 heterocycles. The lowest BCUT2D eigenvalue weighted by Gasteiger charge is -2.34. The highest BCUT2D eigenvalue weighted by molar-refractivity contribution is 6.45. The normalized spacial score (nSPS) is 21.7. The lowest BCUT2D eigenvalue weighted by Crippen LogP contribution is -2.46. The van der Waals surface area contributed by atoms with Gasteiger partial charge in [0.25, 0.3) is 0 Å². The van der Waals surface area contributed by atoms with Gasteiger partial charge in [0.2, 0.25) is 5.91 Å². The average Bonchev–Trinajstić information content (AvgIpc) is 2.92. The predicted molar refractivity (Wildman–Crippen MR) is 106 cm³/mol. The average molecular weight is 415 g/mol. The van der Waals surface area contributed by atoms with Crippen LogP contribution in [-0.2, 0) is 19.1 Å². The molecule has 2 aliphatic rings. The molecule has 0 spiro atoms. The minimum absolute atomic E-state index is 0.102. The van der Waals surface area contributed by atoms with Crippen LogP contribution in [0.3, 0.4) is 0 Å². The Morgan fingerprint density at radius 3 is 2.50 bits per heavy atom. The van der Waals surface area contributed by atoms with E-state index >= 15 is 0 Å². The maximum atomic E-state index is 12.8. The van der Waals surface area contributed by atoms with Crippen molar-refractivity contribution in [1.82, 2.24) is 9.80 Å². The lowest BCUT2D eigenvalue weighted by atomic mass is 9.85. The van der Waals surface area contributed by atoms with E-state index in [-0.39, 0.29) is 29.8 Å². The molecule has 1 aromatic rings. The Morgan fingerprint density at radius 1 is 1.10 bits per heavy atom. The van der Waals surface area contributed by atoms with Gasteiger partial charge in [-0.25, -0.2) is 14.5 Å². The number of rotatable bonds is 6. The molecule has 0 radical (unpaired) electrons. The summed E-state index contributed by atoms with van der Waals surface area (Å²) in [6, 6.07) is 5.16. The maximum Gasteiger partial charge on any atom is 0.340 e. The van der Waals surface area contributed by atoms with Crippen LogP contribution in [0.1, 0.15) is 49.9 Å². The highest BCUT2D eigenvalue weighted by Crippen LogP contribution is 2.31. The quantitative estimate of drug-likeness (QED) is 0.433. The molecule has 160 valence electrons. The first kappa shape index (κ1) is 21.5. The minimum Gasteiger partial charge on any atom is -0.462 e. The van der Waals surface area contributed by atoms with Crippen LogP contribution in [0.15, 0.2) is 24.3 Å². The number of nitrogens with zero attached hydrogens (tertiary/aromatic N) is 2.